The van der Waals surface area contributed by atoms with E-state index in [9.17, 15) is 10.1 Å². The summed E-state index contributed by atoms with van der Waals surface area (Å²) in [4.78, 5) is 10.3. The zero-order chi connectivity index (χ0) is 12.1. The smallest absolute Gasteiger partial charge is 0.296 e. The SMILES string of the molecule is C=C(Cl)CNc1ccc(OC)cc1[N+](=O)[O-]. The highest BCUT2D eigenvalue weighted by Gasteiger charge is 2.14. The lowest BCUT2D eigenvalue weighted by molar-refractivity contribution is -0.384. The average molecular weight is 243 g/mol. The molecule has 0 amide bonds. The second kappa shape index (κ2) is 5.37. The zero-order valence-electron chi connectivity index (χ0n) is 8.70. The summed E-state index contributed by atoms with van der Waals surface area (Å²) in [7, 11) is 1.45. The Morgan fingerprint density at radius 2 is 2.38 bits per heavy atom. The number of nitro benzene ring substituents is 1. The molecule has 1 N–H and O–H groups in total. The molecule has 0 saturated carbocycles. The largest absolute Gasteiger partial charge is 0.496 e. The van der Waals surface area contributed by atoms with E-state index in [1.807, 2.05) is 0 Å². The van der Waals surface area contributed by atoms with Crippen LogP contribution >= 0.6 is 11.6 Å². The highest BCUT2D eigenvalue weighted by Crippen LogP contribution is 2.28. The number of halogens is 1. The normalized spacial score (nSPS) is 9.62. The second-order valence-electron chi connectivity index (χ2n) is 3.01. The number of anilines is 1. The van der Waals surface area contributed by atoms with E-state index < -0.39 is 4.92 Å². The van der Waals surface area contributed by atoms with Gasteiger partial charge in [-0.2, -0.15) is 0 Å². The van der Waals surface area contributed by atoms with Gasteiger partial charge in [0, 0.05) is 5.03 Å². The Morgan fingerprint density at radius 3 is 2.88 bits per heavy atom. The lowest BCUT2D eigenvalue weighted by Crippen LogP contribution is -2.04. The topological polar surface area (TPSA) is 64.4 Å². The molecule has 0 aliphatic rings. The summed E-state index contributed by atoms with van der Waals surface area (Å²) in [6.45, 7) is 3.76. The molecule has 0 aliphatic carbocycles. The van der Waals surface area contributed by atoms with Crippen molar-refractivity contribution in [3.05, 3.63) is 39.9 Å². The maximum atomic E-state index is 10.8. The molecular formula is C10H11ClN2O3. The molecule has 1 rings (SSSR count). The predicted molar refractivity (Wildman–Crippen MR) is 63.1 cm³/mol. The molecule has 16 heavy (non-hydrogen) atoms. The van der Waals surface area contributed by atoms with Gasteiger partial charge in [0.05, 0.1) is 24.6 Å². The summed E-state index contributed by atoms with van der Waals surface area (Å²) in [5.41, 5.74) is 0.324. The van der Waals surface area contributed by atoms with E-state index in [0.717, 1.165) is 0 Å². The Kier molecular flexibility index (Phi) is 4.13. The number of methoxy groups -OCH3 is 1. The fourth-order valence-corrected chi connectivity index (χ4v) is 1.20. The van der Waals surface area contributed by atoms with Crippen LogP contribution in [0.25, 0.3) is 0 Å². The summed E-state index contributed by atoms with van der Waals surface area (Å²) in [5.74, 6) is 0.432. The van der Waals surface area contributed by atoms with Crippen molar-refractivity contribution >= 4 is 23.0 Å². The Bertz CT molecular complexity index is 421. The summed E-state index contributed by atoms with van der Waals surface area (Å²) >= 11 is 5.57. The average Bonchev–Trinajstić information content (AvgIpc) is 2.25. The van der Waals surface area contributed by atoms with Crippen LogP contribution in [0.1, 0.15) is 0 Å². The fourth-order valence-electron chi connectivity index (χ4n) is 1.13. The minimum absolute atomic E-state index is 0.0581. The van der Waals surface area contributed by atoms with Crippen LogP contribution in [0.3, 0.4) is 0 Å². The first-order valence-electron chi connectivity index (χ1n) is 4.44. The summed E-state index contributed by atoms with van der Waals surface area (Å²) in [6.07, 6.45) is 0. The minimum Gasteiger partial charge on any atom is -0.496 e. The van der Waals surface area contributed by atoms with E-state index in [4.69, 9.17) is 16.3 Å². The first-order valence-corrected chi connectivity index (χ1v) is 4.82. The molecule has 0 saturated heterocycles. The standard InChI is InChI=1S/C10H11ClN2O3/c1-7(11)6-12-9-4-3-8(16-2)5-10(9)13(14)15/h3-5,12H,1,6H2,2H3. The van der Waals surface area contributed by atoms with Crippen molar-refractivity contribution in [2.45, 2.75) is 0 Å². The molecule has 0 unspecified atom stereocenters. The molecule has 0 radical (unpaired) electrons. The van der Waals surface area contributed by atoms with Crippen LogP contribution in [0.4, 0.5) is 11.4 Å². The van der Waals surface area contributed by atoms with Crippen LogP contribution in [0.15, 0.2) is 29.8 Å². The predicted octanol–water partition coefficient (Wildman–Crippen LogP) is 2.77. The fraction of sp³-hybridized carbons (Fsp3) is 0.200. The van der Waals surface area contributed by atoms with E-state index in [0.29, 0.717) is 16.5 Å². The summed E-state index contributed by atoms with van der Waals surface area (Å²) in [5, 5.41) is 14.0. The van der Waals surface area contributed by atoms with Crippen molar-refractivity contribution in [1.29, 1.82) is 0 Å². The van der Waals surface area contributed by atoms with Crippen molar-refractivity contribution in [2.24, 2.45) is 0 Å². The van der Waals surface area contributed by atoms with E-state index in [1.54, 1.807) is 12.1 Å². The molecule has 86 valence electrons. The molecule has 0 aliphatic heterocycles. The van der Waals surface area contributed by atoms with Crippen LogP contribution in [0.2, 0.25) is 0 Å². The van der Waals surface area contributed by atoms with Gasteiger partial charge in [-0.3, -0.25) is 10.1 Å². The molecule has 0 heterocycles. The number of hydrogen-bond acceptors (Lipinski definition) is 4. The minimum atomic E-state index is -0.484. The van der Waals surface area contributed by atoms with E-state index in [2.05, 4.69) is 11.9 Å². The highest BCUT2D eigenvalue weighted by atomic mass is 35.5. The molecule has 0 spiro atoms. The molecule has 0 atom stereocenters. The number of nitrogens with one attached hydrogen (secondary N) is 1. The van der Waals surface area contributed by atoms with Gasteiger partial charge < -0.3 is 10.1 Å². The first kappa shape index (κ1) is 12.3. The number of hydrogen-bond donors (Lipinski definition) is 1. The van der Waals surface area contributed by atoms with Gasteiger partial charge in [0.2, 0.25) is 0 Å². The molecule has 0 bridgehead atoms. The van der Waals surface area contributed by atoms with Gasteiger partial charge >= 0.3 is 0 Å². The lowest BCUT2D eigenvalue weighted by atomic mass is 10.2. The van der Waals surface area contributed by atoms with Gasteiger partial charge in [-0.05, 0) is 12.1 Å². The number of nitrogens with zero attached hydrogens (tertiary/aromatic N) is 1. The summed E-state index contributed by atoms with van der Waals surface area (Å²) in [6, 6.07) is 4.54. The van der Waals surface area contributed by atoms with E-state index in [1.165, 1.54) is 13.2 Å². The Hall–Kier alpha value is -1.75. The maximum absolute atomic E-state index is 10.8. The first-order chi connectivity index (χ1) is 7.54. The van der Waals surface area contributed by atoms with Gasteiger partial charge in [-0.1, -0.05) is 18.2 Å². The van der Waals surface area contributed by atoms with Gasteiger partial charge in [0.25, 0.3) is 5.69 Å². The Balaban J connectivity index is 2.98. The highest BCUT2D eigenvalue weighted by molar-refractivity contribution is 6.29. The van der Waals surface area contributed by atoms with Crippen LogP contribution in [-0.4, -0.2) is 18.6 Å². The van der Waals surface area contributed by atoms with Crippen LogP contribution < -0.4 is 10.1 Å². The van der Waals surface area contributed by atoms with Crippen molar-refractivity contribution in [3.8, 4) is 5.75 Å². The van der Waals surface area contributed by atoms with E-state index in [-0.39, 0.29) is 12.2 Å². The van der Waals surface area contributed by atoms with Crippen molar-refractivity contribution < 1.29 is 9.66 Å². The lowest BCUT2D eigenvalue weighted by Gasteiger charge is -2.07. The Labute approximate surface area is 97.8 Å². The number of nitro groups is 1. The quantitative estimate of drug-likeness (QED) is 0.637. The summed E-state index contributed by atoms with van der Waals surface area (Å²) < 4.78 is 4.91. The third-order valence-corrected chi connectivity index (χ3v) is 2.01. The van der Waals surface area contributed by atoms with Crippen molar-refractivity contribution in [1.82, 2.24) is 0 Å². The van der Waals surface area contributed by atoms with Gasteiger partial charge in [-0.15, -0.1) is 0 Å². The van der Waals surface area contributed by atoms with Crippen LogP contribution in [-0.2, 0) is 0 Å². The molecule has 0 fully saturated rings. The van der Waals surface area contributed by atoms with Gasteiger partial charge in [0.1, 0.15) is 11.4 Å². The van der Waals surface area contributed by atoms with Crippen molar-refractivity contribution in [3.63, 3.8) is 0 Å². The van der Waals surface area contributed by atoms with Gasteiger partial charge in [-0.25, -0.2) is 0 Å². The molecule has 1 aromatic carbocycles. The zero-order valence-corrected chi connectivity index (χ0v) is 9.45. The molecule has 5 nitrogen and oxygen atoms in total. The molecular weight excluding hydrogens is 232 g/mol. The third-order valence-electron chi connectivity index (χ3n) is 1.87. The van der Waals surface area contributed by atoms with Gasteiger partial charge in [0.15, 0.2) is 0 Å². The molecule has 1 aromatic rings. The number of rotatable bonds is 5. The molecule has 6 heteroatoms. The maximum Gasteiger partial charge on any atom is 0.296 e. The number of ether oxygens (including phenoxy) is 1. The van der Waals surface area contributed by atoms with Crippen molar-refractivity contribution in [2.75, 3.05) is 19.0 Å². The number of benzene rings is 1. The van der Waals surface area contributed by atoms with Crippen LogP contribution in [0.5, 0.6) is 5.75 Å². The Morgan fingerprint density at radius 1 is 1.69 bits per heavy atom. The third kappa shape index (κ3) is 3.13. The monoisotopic (exact) mass is 242 g/mol. The van der Waals surface area contributed by atoms with Crippen LogP contribution in [0, 0.1) is 10.1 Å². The van der Waals surface area contributed by atoms with E-state index >= 15 is 0 Å². The second-order valence-corrected chi connectivity index (χ2v) is 3.55. The molecule has 0 aromatic heterocycles.